The van der Waals surface area contributed by atoms with Crippen LogP contribution in [0.3, 0.4) is 0 Å². The maximum absolute atomic E-state index is 13.8. The number of anilines is 1. The molecular formula is C26H19FN2O5S. The number of ether oxygens (including phenoxy) is 2. The van der Waals surface area contributed by atoms with Crippen LogP contribution in [0.4, 0.5) is 9.52 Å². The third-order valence-electron chi connectivity index (χ3n) is 5.74. The number of rotatable bonds is 5. The lowest BCUT2D eigenvalue weighted by molar-refractivity contribution is -0.132. The first kappa shape index (κ1) is 22.5. The van der Waals surface area contributed by atoms with Gasteiger partial charge in [-0.05, 0) is 48.0 Å². The zero-order valence-corrected chi connectivity index (χ0v) is 19.5. The van der Waals surface area contributed by atoms with Crippen molar-refractivity contribution in [2.75, 3.05) is 19.1 Å². The quantitative estimate of drug-likeness (QED) is 0.239. The molecule has 1 N–H and O–H groups in total. The molecule has 1 aromatic heterocycles. The van der Waals surface area contributed by atoms with Crippen LogP contribution in [0.2, 0.25) is 0 Å². The molecule has 0 bridgehead atoms. The van der Waals surface area contributed by atoms with Crippen LogP contribution in [-0.2, 0) is 9.59 Å². The number of carbonyl (C=O) groups is 2. The molecule has 2 heterocycles. The standard InChI is InChI=1S/C26H19FN2O5S/c1-33-17-7-3-5-14(11-17)22-21(23(30)15-6-4-8-18(12-15)34-2)24(31)25(32)29(22)26-28-19-10-9-16(27)13-20(19)35-26/h3-13,22,30H,1-2H3/b23-21+. The molecule has 3 aromatic carbocycles. The zero-order chi connectivity index (χ0) is 24.7. The number of hydrogen-bond acceptors (Lipinski definition) is 7. The van der Waals surface area contributed by atoms with Crippen molar-refractivity contribution in [1.82, 2.24) is 4.98 Å². The Hall–Kier alpha value is -4.24. The van der Waals surface area contributed by atoms with E-state index in [-0.39, 0.29) is 16.5 Å². The van der Waals surface area contributed by atoms with E-state index in [1.807, 2.05) is 0 Å². The fourth-order valence-electron chi connectivity index (χ4n) is 4.07. The Morgan fingerprint density at radius 1 is 1.00 bits per heavy atom. The number of carbonyl (C=O) groups excluding carboxylic acids is 2. The molecule has 1 aliphatic heterocycles. The lowest BCUT2D eigenvalue weighted by Crippen LogP contribution is -2.29. The van der Waals surface area contributed by atoms with Gasteiger partial charge in [0.05, 0.1) is 36.1 Å². The number of fused-ring (bicyclic) bond motifs is 1. The summed E-state index contributed by atoms with van der Waals surface area (Å²) in [5.41, 5.74) is 1.26. The van der Waals surface area contributed by atoms with Crippen LogP contribution < -0.4 is 14.4 Å². The van der Waals surface area contributed by atoms with Crippen LogP contribution in [-0.4, -0.2) is 36.0 Å². The first-order valence-corrected chi connectivity index (χ1v) is 11.4. The van der Waals surface area contributed by atoms with Crippen molar-refractivity contribution in [1.29, 1.82) is 0 Å². The Morgan fingerprint density at radius 3 is 2.46 bits per heavy atom. The van der Waals surface area contributed by atoms with Crippen molar-refractivity contribution in [3.05, 3.63) is 89.2 Å². The number of nitrogens with zero attached hydrogens (tertiary/aromatic N) is 2. The average molecular weight is 491 g/mol. The van der Waals surface area contributed by atoms with Crippen LogP contribution in [0.5, 0.6) is 11.5 Å². The summed E-state index contributed by atoms with van der Waals surface area (Å²) < 4.78 is 24.9. The maximum Gasteiger partial charge on any atom is 0.301 e. The van der Waals surface area contributed by atoms with Crippen LogP contribution >= 0.6 is 11.3 Å². The average Bonchev–Trinajstić information content (AvgIpc) is 3.41. The summed E-state index contributed by atoms with van der Waals surface area (Å²) in [6, 6.07) is 16.6. The molecule has 4 aromatic rings. The van der Waals surface area contributed by atoms with Gasteiger partial charge in [0.25, 0.3) is 5.78 Å². The van der Waals surface area contributed by atoms with Gasteiger partial charge in [-0.25, -0.2) is 9.37 Å². The van der Waals surface area contributed by atoms with Crippen molar-refractivity contribution in [2.24, 2.45) is 0 Å². The van der Waals surface area contributed by atoms with E-state index in [0.717, 1.165) is 11.3 Å². The maximum atomic E-state index is 13.8. The normalized spacial score (nSPS) is 17.2. The van der Waals surface area contributed by atoms with Gasteiger partial charge >= 0.3 is 5.91 Å². The Morgan fingerprint density at radius 2 is 1.71 bits per heavy atom. The second kappa shape index (κ2) is 8.84. The molecular weight excluding hydrogens is 471 g/mol. The first-order valence-electron chi connectivity index (χ1n) is 10.6. The van der Waals surface area contributed by atoms with Gasteiger partial charge in [0, 0.05) is 5.56 Å². The lowest BCUT2D eigenvalue weighted by Gasteiger charge is -2.23. The van der Waals surface area contributed by atoms with Crippen LogP contribution in [0.25, 0.3) is 16.0 Å². The van der Waals surface area contributed by atoms with Crippen LogP contribution in [0.1, 0.15) is 17.2 Å². The Bertz CT molecular complexity index is 1510. The number of methoxy groups -OCH3 is 2. The number of aliphatic hydroxyl groups is 1. The molecule has 1 unspecified atom stereocenters. The van der Waals surface area contributed by atoms with Crippen molar-refractivity contribution in [3.63, 3.8) is 0 Å². The molecule has 35 heavy (non-hydrogen) atoms. The molecule has 0 saturated carbocycles. The number of Topliss-reactive ketones (excluding diaryl/α,β-unsaturated/α-hetero) is 1. The largest absolute Gasteiger partial charge is 0.507 e. The summed E-state index contributed by atoms with van der Waals surface area (Å²) in [6.07, 6.45) is 0. The summed E-state index contributed by atoms with van der Waals surface area (Å²) in [5.74, 6) is -1.48. The second-order valence-corrected chi connectivity index (χ2v) is 8.80. The molecule has 5 rings (SSSR count). The van der Waals surface area contributed by atoms with E-state index < -0.39 is 23.5 Å². The Balaban J connectivity index is 1.74. The van der Waals surface area contributed by atoms with Crippen molar-refractivity contribution >= 4 is 44.1 Å². The minimum Gasteiger partial charge on any atom is -0.507 e. The van der Waals surface area contributed by atoms with Crippen LogP contribution in [0, 0.1) is 5.82 Å². The molecule has 1 fully saturated rings. The Kier molecular flexibility index (Phi) is 5.70. The van der Waals surface area contributed by atoms with Gasteiger partial charge < -0.3 is 14.6 Å². The highest BCUT2D eigenvalue weighted by Gasteiger charge is 2.48. The smallest absolute Gasteiger partial charge is 0.301 e. The number of aromatic nitrogens is 1. The molecule has 0 spiro atoms. The minimum absolute atomic E-state index is 0.0954. The van der Waals surface area contributed by atoms with Gasteiger partial charge in [-0.1, -0.05) is 35.6 Å². The predicted molar refractivity (Wildman–Crippen MR) is 130 cm³/mol. The molecule has 7 nitrogen and oxygen atoms in total. The predicted octanol–water partition coefficient (Wildman–Crippen LogP) is 5.08. The van der Waals surface area contributed by atoms with E-state index in [2.05, 4.69) is 4.98 Å². The van der Waals surface area contributed by atoms with Gasteiger partial charge in [-0.15, -0.1) is 0 Å². The summed E-state index contributed by atoms with van der Waals surface area (Å²) in [7, 11) is 3.00. The third kappa shape index (κ3) is 3.89. The Labute approximate surface area is 203 Å². The summed E-state index contributed by atoms with van der Waals surface area (Å²) >= 11 is 1.08. The number of hydrogen-bond donors (Lipinski definition) is 1. The molecule has 1 saturated heterocycles. The van der Waals surface area contributed by atoms with E-state index in [1.54, 1.807) is 48.5 Å². The van der Waals surface area contributed by atoms with E-state index >= 15 is 0 Å². The zero-order valence-electron chi connectivity index (χ0n) is 18.7. The SMILES string of the molecule is COc1cccc(/C(O)=C2\C(=O)C(=O)N(c3nc4ccc(F)cc4s3)C2c2cccc(OC)c2)c1. The number of amides is 1. The summed E-state index contributed by atoms with van der Waals surface area (Å²) in [5, 5.41) is 11.5. The number of benzene rings is 3. The van der Waals surface area contributed by atoms with Gasteiger partial charge in [-0.3, -0.25) is 14.5 Å². The molecule has 1 aliphatic rings. The van der Waals surface area contributed by atoms with Crippen molar-refractivity contribution in [3.8, 4) is 11.5 Å². The van der Waals surface area contributed by atoms with Gasteiger partial charge in [0.2, 0.25) is 0 Å². The van der Waals surface area contributed by atoms with E-state index in [1.165, 1.54) is 37.3 Å². The van der Waals surface area contributed by atoms with Gasteiger partial charge in [0.15, 0.2) is 5.13 Å². The molecule has 9 heteroatoms. The summed E-state index contributed by atoms with van der Waals surface area (Å²) in [4.78, 5) is 32.4. The van der Waals surface area contributed by atoms with E-state index in [9.17, 15) is 19.1 Å². The molecule has 0 radical (unpaired) electrons. The number of aliphatic hydroxyl groups excluding tert-OH is 1. The first-order chi connectivity index (χ1) is 16.9. The van der Waals surface area contributed by atoms with E-state index in [4.69, 9.17) is 9.47 Å². The highest BCUT2D eigenvalue weighted by molar-refractivity contribution is 7.22. The molecule has 1 amide bonds. The van der Waals surface area contributed by atoms with Crippen molar-refractivity contribution < 1.29 is 28.6 Å². The third-order valence-corrected chi connectivity index (χ3v) is 6.76. The topological polar surface area (TPSA) is 89.0 Å². The molecule has 176 valence electrons. The van der Waals surface area contributed by atoms with Gasteiger partial charge in [0.1, 0.15) is 23.1 Å². The van der Waals surface area contributed by atoms with Crippen LogP contribution in [0.15, 0.2) is 72.3 Å². The monoisotopic (exact) mass is 490 g/mol. The summed E-state index contributed by atoms with van der Waals surface area (Å²) in [6.45, 7) is 0. The number of halogens is 1. The second-order valence-electron chi connectivity index (χ2n) is 7.79. The fraction of sp³-hybridized carbons (Fsp3) is 0.115. The number of ketones is 1. The minimum atomic E-state index is -0.985. The van der Waals surface area contributed by atoms with Crippen molar-refractivity contribution in [2.45, 2.75) is 6.04 Å². The van der Waals surface area contributed by atoms with E-state index in [0.29, 0.717) is 32.8 Å². The molecule has 1 atom stereocenters. The van der Waals surface area contributed by atoms with Gasteiger partial charge in [-0.2, -0.15) is 0 Å². The fourth-order valence-corrected chi connectivity index (χ4v) is 5.09. The highest BCUT2D eigenvalue weighted by Crippen LogP contribution is 2.45. The molecule has 0 aliphatic carbocycles. The highest BCUT2D eigenvalue weighted by atomic mass is 32.1. The number of thiazole rings is 1. The lowest BCUT2D eigenvalue weighted by atomic mass is 9.95.